The Hall–Kier alpha value is 1.42. The third kappa shape index (κ3) is 31.4. The van der Waals surface area contributed by atoms with Crippen LogP contribution in [0.4, 0.5) is 0 Å². The molecule has 1 radical (unpaired) electrons. The zero-order valence-electron chi connectivity index (χ0n) is 2.64. The molecule has 0 fully saturated rings. The van der Waals surface area contributed by atoms with Gasteiger partial charge in [-0.2, -0.15) is 0 Å². The van der Waals surface area contributed by atoms with Crippen molar-refractivity contribution in [1.29, 1.82) is 0 Å². The zero-order valence-corrected chi connectivity index (χ0v) is 6.72. The minimum absolute atomic E-state index is 0. The molecule has 0 aliphatic rings. The minimum Gasteiger partial charge on any atom is 0 e. The van der Waals surface area contributed by atoms with Crippen LogP contribution in [0.25, 0.3) is 0 Å². The van der Waals surface area contributed by atoms with Crippen molar-refractivity contribution in [3.05, 3.63) is 0 Å². The average Bonchev–Trinajstić information content (AvgIpc) is 0.811. The van der Waals surface area contributed by atoms with E-state index in [2.05, 4.69) is 15.6 Å². The molecule has 0 spiro atoms. The monoisotopic (exact) mass is 141 g/mol. The van der Waals surface area contributed by atoms with Crippen LogP contribution >= 0.6 is 6.37 Å². The van der Waals surface area contributed by atoms with Crippen LogP contribution in [0, 0.1) is 0 Å². The molecule has 25 valence electrons. The van der Waals surface area contributed by atoms with Gasteiger partial charge in [-0.1, -0.05) is 0 Å². The van der Waals surface area contributed by atoms with Gasteiger partial charge in [-0.25, -0.2) is 0 Å². The molecule has 2 nitrogen and oxygen atoms in total. The fourth-order valence-electron chi connectivity index (χ4n) is 0. The molecule has 0 N–H and O–H groups in total. The van der Waals surface area contributed by atoms with Crippen molar-refractivity contribution in [2.45, 2.75) is 0 Å². The molecular weight excluding hydrogens is 141 g/mol. The summed E-state index contributed by atoms with van der Waals surface area (Å²) in [6.07, 6.45) is -2.31. The van der Waals surface area contributed by atoms with E-state index in [4.69, 9.17) is 9.13 Å². The summed E-state index contributed by atoms with van der Waals surface area (Å²) in [6.45, 7) is 0. The average molecular weight is 141 g/mol. The summed E-state index contributed by atoms with van der Waals surface area (Å²) in [5.41, 5.74) is 0. The second-order valence-corrected chi connectivity index (χ2v) is 1.93. The van der Waals surface area contributed by atoms with Crippen LogP contribution in [0.15, 0.2) is 0 Å². The SMILES string of the molecule is O=[P](=O)[Mn].[Na]. The molecule has 5 heteroatoms. The predicted octanol–water partition coefficient (Wildman–Crippen LogP) is 0.240. The molecule has 5 heavy (non-hydrogen) atoms. The number of hydrogen-bond acceptors (Lipinski definition) is 2. The molecular formula is MnNaO2P. The van der Waals surface area contributed by atoms with E-state index in [-0.39, 0.29) is 29.6 Å². The number of hydrogen-bond donors (Lipinski definition) is 0. The van der Waals surface area contributed by atoms with Gasteiger partial charge in [0.2, 0.25) is 0 Å². The summed E-state index contributed by atoms with van der Waals surface area (Å²) in [7, 11) is 0. The summed E-state index contributed by atoms with van der Waals surface area (Å²) in [5, 5.41) is 0. The van der Waals surface area contributed by atoms with Crippen molar-refractivity contribution in [3.8, 4) is 0 Å². The molecule has 0 aromatic rings. The third-order valence-electron chi connectivity index (χ3n) is 0. The first-order valence-corrected chi connectivity index (χ1v) is 3.19. The van der Waals surface area contributed by atoms with E-state index in [0.717, 1.165) is 0 Å². The molecule has 0 aliphatic carbocycles. The van der Waals surface area contributed by atoms with Crippen LogP contribution in [0.3, 0.4) is 0 Å². The van der Waals surface area contributed by atoms with Gasteiger partial charge in [0.1, 0.15) is 0 Å². The first kappa shape index (κ1) is 9.65. The summed E-state index contributed by atoms with van der Waals surface area (Å²) in [4.78, 5) is 0. The Morgan fingerprint density at radius 2 is 1.40 bits per heavy atom. The Morgan fingerprint density at radius 1 is 1.40 bits per heavy atom. The molecule has 0 saturated heterocycles. The molecule has 0 bridgehead atoms. The van der Waals surface area contributed by atoms with Gasteiger partial charge in [0.05, 0.1) is 0 Å². The van der Waals surface area contributed by atoms with Crippen LogP contribution in [0.2, 0.25) is 0 Å². The molecule has 0 heterocycles. The van der Waals surface area contributed by atoms with Crippen LogP contribution in [0.1, 0.15) is 0 Å². The number of rotatable bonds is 0. The van der Waals surface area contributed by atoms with Crippen LogP contribution in [-0.4, -0.2) is 29.6 Å². The van der Waals surface area contributed by atoms with Gasteiger partial charge in [-0.3, -0.25) is 0 Å². The Morgan fingerprint density at radius 3 is 1.40 bits per heavy atom. The summed E-state index contributed by atoms with van der Waals surface area (Å²) < 4.78 is 17.9. The van der Waals surface area contributed by atoms with E-state index >= 15 is 0 Å². The molecule has 0 saturated carbocycles. The fraction of sp³-hybridized carbons (Fsp3) is 0. The van der Waals surface area contributed by atoms with Gasteiger partial charge in [0.15, 0.2) is 0 Å². The summed E-state index contributed by atoms with van der Waals surface area (Å²) >= 11 is 2.22. The molecule has 0 aromatic carbocycles. The Balaban J connectivity index is 0. The van der Waals surface area contributed by atoms with Crippen LogP contribution in [-0.2, 0) is 24.7 Å². The maximum atomic E-state index is 8.95. The first-order valence-electron chi connectivity index (χ1n) is 0.534. The van der Waals surface area contributed by atoms with E-state index in [1.165, 1.54) is 0 Å². The standard InChI is InChI=1S/Mn.Na.O2P/c;;1-3-2. The quantitative estimate of drug-likeness (QED) is 0.357. The smallest absolute Gasteiger partial charge is 0 e. The van der Waals surface area contributed by atoms with E-state index in [0.29, 0.717) is 0 Å². The van der Waals surface area contributed by atoms with Crippen molar-refractivity contribution < 1.29 is 24.7 Å². The van der Waals surface area contributed by atoms with Crippen LogP contribution in [0.5, 0.6) is 0 Å². The van der Waals surface area contributed by atoms with Crippen molar-refractivity contribution in [2.24, 2.45) is 0 Å². The molecule has 0 atom stereocenters. The Kier molecular flexibility index (Phi) is 10.5. The minimum atomic E-state index is -2.31. The van der Waals surface area contributed by atoms with E-state index in [1.807, 2.05) is 0 Å². The Labute approximate surface area is 60.2 Å². The molecule has 0 amide bonds. The second-order valence-electron chi connectivity index (χ2n) is 0.213. The van der Waals surface area contributed by atoms with Crippen LogP contribution < -0.4 is 0 Å². The molecule has 0 rings (SSSR count). The van der Waals surface area contributed by atoms with Crippen molar-refractivity contribution in [1.82, 2.24) is 0 Å². The van der Waals surface area contributed by atoms with Gasteiger partial charge in [-0.15, -0.1) is 0 Å². The summed E-state index contributed by atoms with van der Waals surface area (Å²) in [6, 6.07) is 0. The maximum Gasteiger partial charge on any atom is 0 e. The van der Waals surface area contributed by atoms with Crippen molar-refractivity contribution in [3.63, 3.8) is 0 Å². The zero-order chi connectivity index (χ0) is 3.58. The van der Waals surface area contributed by atoms with E-state index in [9.17, 15) is 0 Å². The van der Waals surface area contributed by atoms with Gasteiger partial charge >= 0.3 is 31.1 Å². The van der Waals surface area contributed by atoms with E-state index in [1.54, 1.807) is 0 Å². The van der Waals surface area contributed by atoms with Gasteiger partial charge in [0.25, 0.3) is 0 Å². The Bertz CT molecular complexity index is 58.0. The molecule has 0 aromatic heterocycles. The van der Waals surface area contributed by atoms with E-state index < -0.39 is 6.37 Å². The topological polar surface area (TPSA) is 34.1 Å². The predicted molar refractivity (Wildman–Crippen MR) is 14.0 cm³/mol. The normalized spacial score (nSPS) is 5.00. The largest absolute Gasteiger partial charge is 0 e. The van der Waals surface area contributed by atoms with Gasteiger partial charge in [-0.05, 0) is 0 Å². The van der Waals surface area contributed by atoms with Gasteiger partial charge < -0.3 is 0 Å². The molecule has 0 unspecified atom stereocenters. The fourth-order valence-corrected chi connectivity index (χ4v) is 0. The second kappa shape index (κ2) is 5.42. The van der Waals surface area contributed by atoms with Crippen molar-refractivity contribution in [2.75, 3.05) is 0 Å². The molecule has 0 aliphatic heterocycles. The third-order valence-corrected chi connectivity index (χ3v) is 0. The van der Waals surface area contributed by atoms with Gasteiger partial charge in [0, 0.05) is 29.6 Å². The maximum absolute atomic E-state index is 8.95. The summed E-state index contributed by atoms with van der Waals surface area (Å²) in [5.74, 6) is 0. The first-order chi connectivity index (χ1) is 1.73. The van der Waals surface area contributed by atoms with Crippen molar-refractivity contribution >= 4 is 35.9 Å².